The SMILES string of the molecule is Cc1cccc(NC(=O)CSCC(=O)NCC(=O)N2CCN(c3cccc(Cl)c3)CC2)c1. The summed E-state index contributed by atoms with van der Waals surface area (Å²) in [7, 11) is 0. The number of nitrogens with one attached hydrogen (secondary N) is 2. The number of anilines is 2. The Balaban J connectivity index is 1.31. The summed E-state index contributed by atoms with van der Waals surface area (Å²) in [5.41, 5.74) is 2.84. The van der Waals surface area contributed by atoms with E-state index in [0.717, 1.165) is 16.9 Å². The van der Waals surface area contributed by atoms with Crippen molar-refractivity contribution in [3.05, 3.63) is 59.1 Å². The molecule has 1 aliphatic heterocycles. The lowest BCUT2D eigenvalue weighted by Gasteiger charge is -2.36. The molecule has 0 saturated carbocycles. The fourth-order valence-electron chi connectivity index (χ4n) is 3.38. The number of halogens is 1. The van der Waals surface area contributed by atoms with E-state index >= 15 is 0 Å². The van der Waals surface area contributed by atoms with E-state index in [9.17, 15) is 14.4 Å². The molecule has 1 fully saturated rings. The van der Waals surface area contributed by atoms with Gasteiger partial charge in [-0.05, 0) is 42.8 Å². The fraction of sp³-hybridized carbons (Fsp3) is 0.348. The molecular weight excluding hydrogens is 448 g/mol. The van der Waals surface area contributed by atoms with Gasteiger partial charge in [0.1, 0.15) is 0 Å². The van der Waals surface area contributed by atoms with Gasteiger partial charge < -0.3 is 20.4 Å². The van der Waals surface area contributed by atoms with E-state index in [0.29, 0.717) is 31.2 Å². The molecule has 0 aromatic heterocycles. The van der Waals surface area contributed by atoms with Gasteiger partial charge in [-0.15, -0.1) is 11.8 Å². The summed E-state index contributed by atoms with van der Waals surface area (Å²) in [4.78, 5) is 40.4. The van der Waals surface area contributed by atoms with Crippen molar-refractivity contribution in [2.45, 2.75) is 6.92 Å². The summed E-state index contributed by atoms with van der Waals surface area (Å²) < 4.78 is 0. The van der Waals surface area contributed by atoms with Crippen LogP contribution in [-0.2, 0) is 14.4 Å². The van der Waals surface area contributed by atoms with Crippen LogP contribution in [0.3, 0.4) is 0 Å². The predicted molar refractivity (Wildman–Crippen MR) is 130 cm³/mol. The average molecular weight is 475 g/mol. The van der Waals surface area contributed by atoms with Crippen molar-refractivity contribution in [1.29, 1.82) is 0 Å². The smallest absolute Gasteiger partial charge is 0.242 e. The zero-order valence-electron chi connectivity index (χ0n) is 18.0. The van der Waals surface area contributed by atoms with Gasteiger partial charge in [-0.3, -0.25) is 14.4 Å². The zero-order valence-corrected chi connectivity index (χ0v) is 19.5. The summed E-state index contributed by atoms with van der Waals surface area (Å²) >= 11 is 7.27. The van der Waals surface area contributed by atoms with Crippen LogP contribution >= 0.6 is 23.4 Å². The molecule has 0 bridgehead atoms. The number of piperazine rings is 1. The number of hydrogen-bond acceptors (Lipinski definition) is 5. The number of carbonyl (C=O) groups excluding carboxylic acids is 3. The number of aryl methyl sites for hydroxylation is 1. The number of nitrogens with zero attached hydrogens (tertiary/aromatic N) is 2. The first-order valence-electron chi connectivity index (χ1n) is 10.4. The lowest BCUT2D eigenvalue weighted by Crippen LogP contribution is -2.51. The van der Waals surface area contributed by atoms with Gasteiger partial charge in [-0.2, -0.15) is 0 Å². The Morgan fingerprint density at radius 1 is 0.969 bits per heavy atom. The van der Waals surface area contributed by atoms with Crippen molar-refractivity contribution in [3.8, 4) is 0 Å². The minimum atomic E-state index is -0.260. The molecule has 9 heteroatoms. The molecule has 0 spiro atoms. The van der Waals surface area contributed by atoms with Gasteiger partial charge >= 0.3 is 0 Å². The minimum absolute atomic E-state index is 0.0357. The normalized spacial score (nSPS) is 13.6. The van der Waals surface area contributed by atoms with Gasteiger partial charge in [-0.1, -0.05) is 29.8 Å². The first-order valence-corrected chi connectivity index (χ1v) is 11.9. The molecule has 1 aliphatic rings. The molecule has 0 aliphatic carbocycles. The third-order valence-corrected chi connectivity index (χ3v) is 6.18. The highest BCUT2D eigenvalue weighted by Gasteiger charge is 2.21. The lowest BCUT2D eigenvalue weighted by atomic mass is 10.2. The maximum atomic E-state index is 12.4. The van der Waals surface area contributed by atoms with Crippen molar-refractivity contribution in [2.24, 2.45) is 0 Å². The van der Waals surface area contributed by atoms with Crippen molar-refractivity contribution < 1.29 is 14.4 Å². The van der Waals surface area contributed by atoms with Gasteiger partial charge in [0.25, 0.3) is 0 Å². The van der Waals surface area contributed by atoms with Crippen LogP contribution in [0.5, 0.6) is 0 Å². The first-order chi connectivity index (χ1) is 15.4. The molecule has 0 atom stereocenters. The fourth-order valence-corrected chi connectivity index (χ4v) is 4.21. The molecule has 0 radical (unpaired) electrons. The van der Waals surface area contributed by atoms with Crippen molar-refractivity contribution in [3.63, 3.8) is 0 Å². The Labute approximate surface area is 197 Å². The lowest BCUT2D eigenvalue weighted by molar-refractivity contribution is -0.132. The number of thioether (sulfide) groups is 1. The summed E-state index contributed by atoms with van der Waals surface area (Å²) in [5, 5.41) is 6.14. The quantitative estimate of drug-likeness (QED) is 0.614. The first kappa shape index (κ1) is 23.9. The van der Waals surface area contributed by atoms with Crippen LogP contribution in [0.2, 0.25) is 5.02 Å². The summed E-state index contributed by atoms with van der Waals surface area (Å²) in [6, 6.07) is 15.2. The molecule has 0 unspecified atom stereocenters. The van der Waals surface area contributed by atoms with Crippen LogP contribution in [0.25, 0.3) is 0 Å². The molecular formula is C23H27ClN4O3S. The zero-order chi connectivity index (χ0) is 22.9. The monoisotopic (exact) mass is 474 g/mol. The standard InChI is InChI=1S/C23H27ClN4O3S/c1-17-4-2-6-19(12-17)26-22(30)16-32-15-21(29)25-14-23(31)28-10-8-27(9-11-28)20-7-3-5-18(24)13-20/h2-7,12-13H,8-11,14-16H2,1H3,(H,25,29)(H,26,30). The molecule has 3 rings (SSSR count). The summed E-state index contributed by atoms with van der Waals surface area (Å²) in [6.45, 7) is 4.53. The molecule has 170 valence electrons. The number of benzene rings is 2. The highest BCUT2D eigenvalue weighted by atomic mass is 35.5. The topological polar surface area (TPSA) is 81.8 Å². The van der Waals surface area contributed by atoms with Crippen molar-refractivity contribution >= 4 is 52.5 Å². The largest absolute Gasteiger partial charge is 0.368 e. The van der Waals surface area contributed by atoms with E-state index in [2.05, 4.69) is 15.5 Å². The summed E-state index contributed by atoms with van der Waals surface area (Å²) in [6.07, 6.45) is 0. The Bertz CT molecular complexity index is 964. The van der Waals surface area contributed by atoms with Crippen LogP contribution in [0, 0.1) is 6.92 Å². The minimum Gasteiger partial charge on any atom is -0.368 e. The van der Waals surface area contributed by atoms with Crippen LogP contribution < -0.4 is 15.5 Å². The van der Waals surface area contributed by atoms with E-state index in [1.54, 1.807) is 4.90 Å². The highest BCUT2D eigenvalue weighted by Crippen LogP contribution is 2.20. The molecule has 2 aromatic rings. The average Bonchev–Trinajstić information content (AvgIpc) is 2.77. The molecule has 1 heterocycles. The molecule has 7 nitrogen and oxygen atoms in total. The third kappa shape index (κ3) is 7.46. The maximum absolute atomic E-state index is 12.4. The molecule has 2 aromatic carbocycles. The van der Waals surface area contributed by atoms with Crippen LogP contribution in [0.15, 0.2) is 48.5 Å². The van der Waals surface area contributed by atoms with Gasteiger partial charge in [0.2, 0.25) is 17.7 Å². The Morgan fingerprint density at radius 2 is 1.69 bits per heavy atom. The third-order valence-electron chi connectivity index (χ3n) is 5.01. The highest BCUT2D eigenvalue weighted by molar-refractivity contribution is 8.00. The van der Waals surface area contributed by atoms with Gasteiger partial charge in [0, 0.05) is 42.6 Å². The Morgan fingerprint density at radius 3 is 2.41 bits per heavy atom. The maximum Gasteiger partial charge on any atom is 0.242 e. The number of carbonyl (C=O) groups is 3. The van der Waals surface area contributed by atoms with Crippen LogP contribution in [0.1, 0.15) is 5.56 Å². The second-order valence-electron chi connectivity index (χ2n) is 7.53. The Hall–Kier alpha value is -2.71. The van der Waals surface area contributed by atoms with Crippen LogP contribution in [-0.4, -0.2) is 66.9 Å². The van der Waals surface area contributed by atoms with Crippen molar-refractivity contribution in [1.82, 2.24) is 10.2 Å². The van der Waals surface area contributed by atoms with Gasteiger partial charge in [0.15, 0.2) is 0 Å². The van der Waals surface area contributed by atoms with E-state index < -0.39 is 0 Å². The van der Waals surface area contributed by atoms with Gasteiger partial charge in [0.05, 0.1) is 18.1 Å². The Kier molecular flexibility index (Phi) is 8.81. The van der Waals surface area contributed by atoms with Crippen LogP contribution in [0.4, 0.5) is 11.4 Å². The van der Waals surface area contributed by atoms with E-state index in [1.165, 1.54) is 11.8 Å². The summed E-state index contributed by atoms with van der Waals surface area (Å²) in [5.74, 6) is -0.240. The van der Waals surface area contributed by atoms with E-state index in [1.807, 2.05) is 55.5 Å². The van der Waals surface area contributed by atoms with E-state index in [-0.39, 0.29) is 35.8 Å². The molecule has 3 amide bonds. The molecule has 32 heavy (non-hydrogen) atoms. The van der Waals surface area contributed by atoms with Crippen molar-refractivity contribution in [2.75, 3.05) is 54.4 Å². The predicted octanol–water partition coefficient (Wildman–Crippen LogP) is 2.79. The van der Waals surface area contributed by atoms with Gasteiger partial charge in [-0.25, -0.2) is 0 Å². The van der Waals surface area contributed by atoms with E-state index in [4.69, 9.17) is 11.6 Å². The second kappa shape index (κ2) is 11.8. The molecule has 1 saturated heterocycles. The number of amides is 3. The number of rotatable bonds is 8. The number of hydrogen-bond donors (Lipinski definition) is 2. The second-order valence-corrected chi connectivity index (χ2v) is 8.96. The molecule has 2 N–H and O–H groups in total.